The quantitative estimate of drug-likeness (QED) is 0.855. The second-order valence-corrected chi connectivity index (χ2v) is 4.30. The molecule has 1 aromatic heterocycles. The zero-order valence-corrected chi connectivity index (χ0v) is 11.1. The van der Waals surface area contributed by atoms with Gasteiger partial charge in [0.15, 0.2) is 0 Å². The van der Waals surface area contributed by atoms with Gasteiger partial charge in [0.05, 0.1) is 10.7 Å². The Bertz CT molecular complexity index is 353. The van der Waals surface area contributed by atoms with Crippen LogP contribution in [-0.4, -0.2) is 30.6 Å². The molecular weight excluding hydrogens is 250 g/mol. The van der Waals surface area contributed by atoms with E-state index in [-0.39, 0.29) is 24.9 Å². The fraction of sp³-hybridized carbons (Fsp3) is 0.556. The number of nitrogens with one attached hydrogen (secondary N) is 1. The summed E-state index contributed by atoms with van der Waals surface area (Å²) < 4.78 is 4.93. The van der Waals surface area contributed by atoms with E-state index in [1.54, 1.807) is 0 Å². The van der Waals surface area contributed by atoms with Crippen LogP contribution in [0, 0.1) is 13.8 Å². The largest absolute Gasteiger partial charge is 0.370 e. The Morgan fingerprint density at radius 2 is 2.25 bits per heavy atom. The molecule has 0 saturated carbocycles. The van der Waals surface area contributed by atoms with Crippen LogP contribution in [0.15, 0.2) is 0 Å². The van der Waals surface area contributed by atoms with E-state index in [1.165, 1.54) is 18.4 Å². The highest BCUT2D eigenvalue weighted by Crippen LogP contribution is 2.23. The zero-order valence-electron chi connectivity index (χ0n) is 9.44. The third-order valence-electron chi connectivity index (χ3n) is 1.93. The van der Waals surface area contributed by atoms with Crippen LogP contribution in [0.4, 0.5) is 5.00 Å². The molecule has 0 fully saturated rings. The lowest BCUT2D eigenvalue weighted by atomic mass is 10.3. The van der Waals surface area contributed by atoms with Gasteiger partial charge in [-0.1, -0.05) is 0 Å². The third kappa shape index (κ3) is 3.71. The number of anilines is 1. The molecule has 0 spiro atoms. The number of carbonyl (C=O) groups excluding carboxylic acids is 1. The molecule has 0 bridgehead atoms. The highest BCUT2D eigenvalue weighted by atomic mass is 35.5. The number of aryl methyl sites for hydroxylation is 2. The number of halogens is 1. The second-order valence-electron chi connectivity index (χ2n) is 3.10. The number of hydrogen-bond acceptors (Lipinski definition) is 5. The summed E-state index contributed by atoms with van der Waals surface area (Å²) in [6, 6.07) is 0. The maximum atomic E-state index is 11.6. The average Bonchev–Trinajstić information content (AvgIpc) is 2.47. The Morgan fingerprint density at radius 3 is 2.62 bits per heavy atom. The minimum atomic E-state index is -0.605. The molecule has 1 rings (SSSR count). The molecule has 0 aliphatic rings. The monoisotopic (exact) mass is 265 g/mol. The van der Waals surface area contributed by atoms with Crippen LogP contribution < -0.4 is 11.1 Å². The minimum Gasteiger partial charge on any atom is -0.370 e. The number of nitrogens with two attached hydrogens (primary N) is 1. The summed E-state index contributed by atoms with van der Waals surface area (Å²) in [6.45, 7) is 3.91. The summed E-state index contributed by atoms with van der Waals surface area (Å²) in [5, 5.41) is 4.42. The Labute approximate surface area is 105 Å². The Balaban J connectivity index is 0.00000225. The predicted octanol–water partition coefficient (Wildman–Crippen LogP) is 1.09. The summed E-state index contributed by atoms with van der Waals surface area (Å²) in [7, 11) is 1.46. The average molecular weight is 266 g/mol. The Morgan fingerprint density at radius 1 is 1.62 bits per heavy atom. The number of amides is 1. The molecular formula is C9H16ClN3O2S. The lowest BCUT2D eigenvalue weighted by molar-refractivity contribution is -0.125. The van der Waals surface area contributed by atoms with E-state index < -0.39 is 6.10 Å². The van der Waals surface area contributed by atoms with Crippen molar-refractivity contribution >= 4 is 34.7 Å². The molecule has 1 aromatic rings. The molecule has 0 aliphatic carbocycles. The predicted molar refractivity (Wildman–Crippen MR) is 67.3 cm³/mol. The van der Waals surface area contributed by atoms with E-state index in [2.05, 4.69) is 10.3 Å². The fourth-order valence-electron chi connectivity index (χ4n) is 1.15. The number of hydrogen-bond donors (Lipinski definition) is 2. The molecule has 16 heavy (non-hydrogen) atoms. The van der Waals surface area contributed by atoms with Crippen LogP contribution in [0.2, 0.25) is 0 Å². The fourth-order valence-corrected chi connectivity index (χ4v) is 1.97. The number of nitrogens with zero attached hydrogens (tertiary/aromatic N) is 1. The number of ether oxygens (including phenoxy) is 1. The van der Waals surface area contributed by atoms with Gasteiger partial charge in [-0.2, -0.15) is 0 Å². The first kappa shape index (κ1) is 15.3. The zero-order chi connectivity index (χ0) is 11.4. The molecule has 1 heterocycles. The van der Waals surface area contributed by atoms with Gasteiger partial charge >= 0.3 is 0 Å². The van der Waals surface area contributed by atoms with Crippen LogP contribution >= 0.6 is 23.7 Å². The highest BCUT2D eigenvalue weighted by molar-refractivity contribution is 7.16. The molecule has 0 saturated heterocycles. The Kier molecular flexibility index (Phi) is 6.51. The SMILES string of the molecule is COC(CN)C(=O)Nc1sc(C)nc1C.Cl. The van der Waals surface area contributed by atoms with E-state index >= 15 is 0 Å². The first-order valence-corrected chi connectivity index (χ1v) is 5.38. The third-order valence-corrected chi connectivity index (χ3v) is 2.92. The van der Waals surface area contributed by atoms with Crippen molar-refractivity contribution in [1.82, 2.24) is 4.98 Å². The van der Waals surface area contributed by atoms with Crippen LogP contribution in [0.25, 0.3) is 0 Å². The number of carbonyl (C=O) groups is 1. The molecule has 0 aromatic carbocycles. The van der Waals surface area contributed by atoms with Crippen molar-refractivity contribution in [2.75, 3.05) is 19.0 Å². The van der Waals surface area contributed by atoms with Crippen molar-refractivity contribution in [3.05, 3.63) is 10.7 Å². The van der Waals surface area contributed by atoms with Crippen molar-refractivity contribution in [2.24, 2.45) is 5.73 Å². The molecule has 0 aliphatic heterocycles. The molecule has 5 nitrogen and oxygen atoms in total. The van der Waals surface area contributed by atoms with Gasteiger partial charge in [-0.3, -0.25) is 4.79 Å². The van der Waals surface area contributed by atoms with E-state index in [1.807, 2.05) is 13.8 Å². The molecule has 1 unspecified atom stereocenters. The maximum absolute atomic E-state index is 11.6. The molecule has 0 radical (unpaired) electrons. The standard InChI is InChI=1S/C9H15N3O2S.ClH/c1-5-9(15-6(2)11-5)12-8(13)7(4-10)14-3;/h7H,4,10H2,1-3H3,(H,12,13);1H. The first-order valence-electron chi connectivity index (χ1n) is 4.56. The lowest BCUT2D eigenvalue weighted by Crippen LogP contribution is -2.35. The van der Waals surface area contributed by atoms with Gasteiger partial charge in [0.25, 0.3) is 5.91 Å². The lowest BCUT2D eigenvalue weighted by Gasteiger charge is -2.11. The van der Waals surface area contributed by atoms with Gasteiger partial charge in [0.2, 0.25) is 0 Å². The number of aromatic nitrogens is 1. The van der Waals surface area contributed by atoms with Crippen molar-refractivity contribution in [1.29, 1.82) is 0 Å². The van der Waals surface area contributed by atoms with Crippen LogP contribution in [-0.2, 0) is 9.53 Å². The normalized spacial score (nSPS) is 11.8. The second kappa shape index (κ2) is 6.80. The maximum Gasteiger partial charge on any atom is 0.255 e. The van der Waals surface area contributed by atoms with Crippen LogP contribution in [0.5, 0.6) is 0 Å². The van der Waals surface area contributed by atoms with Gasteiger partial charge in [-0.15, -0.1) is 23.7 Å². The van der Waals surface area contributed by atoms with E-state index in [9.17, 15) is 4.79 Å². The van der Waals surface area contributed by atoms with Crippen molar-refractivity contribution in [3.63, 3.8) is 0 Å². The highest BCUT2D eigenvalue weighted by Gasteiger charge is 2.17. The smallest absolute Gasteiger partial charge is 0.255 e. The molecule has 1 atom stereocenters. The van der Waals surface area contributed by atoms with Gasteiger partial charge in [0, 0.05) is 13.7 Å². The van der Waals surface area contributed by atoms with E-state index in [0.29, 0.717) is 0 Å². The number of thiazole rings is 1. The molecule has 92 valence electrons. The van der Waals surface area contributed by atoms with Gasteiger partial charge in [0.1, 0.15) is 11.1 Å². The number of methoxy groups -OCH3 is 1. The van der Waals surface area contributed by atoms with Gasteiger partial charge < -0.3 is 15.8 Å². The Hall–Kier alpha value is -0.690. The van der Waals surface area contributed by atoms with Crippen LogP contribution in [0.1, 0.15) is 10.7 Å². The van der Waals surface area contributed by atoms with Crippen molar-refractivity contribution in [3.8, 4) is 0 Å². The summed E-state index contributed by atoms with van der Waals surface area (Å²) in [5.41, 5.74) is 6.20. The summed E-state index contributed by atoms with van der Waals surface area (Å²) >= 11 is 1.44. The van der Waals surface area contributed by atoms with Crippen molar-refractivity contribution < 1.29 is 9.53 Å². The first-order chi connectivity index (χ1) is 7.08. The summed E-state index contributed by atoms with van der Waals surface area (Å²) in [4.78, 5) is 15.8. The van der Waals surface area contributed by atoms with Gasteiger partial charge in [-0.05, 0) is 13.8 Å². The van der Waals surface area contributed by atoms with Crippen molar-refractivity contribution in [2.45, 2.75) is 20.0 Å². The van der Waals surface area contributed by atoms with Crippen LogP contribution in [0.3, 0.4) is 0 Å². The van der Waals surface area contributed by atoms with Gasteiger partial charge in [-0.25, -0.2) is 4.98 Å². The van der Waals surface area contributed by atoms with E-state index in [0.717, 1.165) is 15.7 Å². The minimum absolute atomic E-state index is 0. The number of rotatable bonds is 4. The molecule has 3 N–H and O–H groups in total. The van der Waals surface area contributed by atoms with E-state index in [4.69, 9.17) is 10.5 Å². The summed E-state index contributed by atoms with van der Waals surface area (Å²) in [6.07, 6.45) is -0.605. The molecule has 1 amide bonds. The summed E-state index contributed by atoms with van der Waals surface area (Å²) in [5.74, 6) is -0.230. The molecule has 7 heteroatoms. The topological polar surface area (TPSA) is 77.2 Å².